The van der Waals surface area contributed by atoms with Crippen molar-refractivity contribution < 1.29 is 5.11 Å². The maximum atomic E-state index is 9.55. The van der Waals surface area contributed by atoms with Gasteiger partial charge in [0.15, 0.2) is 0 Å². The summed E-state index contributed by atoms with van der Waals surface area (Å²) in [6.45, 7) is 7.80. The molecule has 0 aliphatic carbocycles. The van der Waals surface area contributed by atoms with Crippen molar-refractivity contribution in [2.24, 2.45) is 11.7 Å². The summed E-state index contributed by atoms with van der Waals surface area (Å²) in [5.41, 5.74) is 5.07. The fraction of sp³-hybridized carbons (Fsp3) is 1.00. The maximum Gasteiger partial charge on any atom is 0.0603 e. The van der Waals surface area contributed by atoms with E-state index >= 15 is 0 Å². The minimum Gasteiger partial charge on any atom is -0.390 e. The lowest BCUT2D eigenvalue weighted by Gasteiger charge is -2.22. The van der Waals surface area contributed by atoms with E-state index in [1.807, 2.05) is 13.8 Å². The number of likely N-dealkylation sites (tertiary alicyclic amines) is 1. The molecule has 1 fully saturated rings. The van der Waals surface area contributed by atoms with Crippen LogP contribution in [-0.4, -0.2) is 41.8 Å². The normalized spacial score (nSPS) is 25.4. The molecule has 1 aliphatic rings. The third-order valence-corrected chi connectivity index (χ3v) is 2.74. The number of aliphatic hydroxyl groups is 1. The molecule has 1 aliphatic heterocycles. The fourth-order valence-corrected chi connectivity index (χ4v) is 1.74. The SMILES string of the molecule is CC(C)(O)CCN1CCC(CN)C1. The van der Waals surface area contributed by atoms with Crippen LogP contribution in [0.2, 0.25) is 0 Å². The molecule has 0 bridgehead atoms. The second-order valence-electron chi connectivity index (χ2n) is 4.75. The Morgan fingerprint density at radius 3 is 2.69 bits per heavy atom. The van der Waals surface area contributed by atoms with Gasteiger partial charge in [-0.1, -0.05) is 0 Å². The lowest BCUT2D eigenvalue weighted by atomic mass is 10.1. The number of nitrogens with zero attached hydrogens (tertiary/aromatic N) is 1. The summed E-state index contributed by atoms with van der Waals surface area (Å²) >= 11 is 0. The molecule has 0 radical (unpaired) electrons. The minimum atomic E-state index is -0.527. The van der Waals surface area contributed by atoms with Crippen molar-refractivity contribution in [3.05, 3.63) is 0 Å². The largest absolute Gasteiger partial charge is 0.390 e. The minimum absolute atomic E-state index is 0.527. The lowest BCUT2D eigenvalue weighted by Crippen LogP contribution is -2.30. The van der Waals surface area contributed by atoms with Crippen molar-refractivity contribution in [1.29, 1.82) is 0 Å². The quantitative estimate of drug-likeness (QED) is 0.669. The molecular formula is C10H22N2O. The Labute approximate surface area is 80.9 Å². The summed E-state index contributed by atoms with van der Waals surface area (Å²) in [6, 6.07) is 0. The van der Waals surface area contributed by atoms with Crippen molar-refractivity contribution in [2.75, 3.05) is 26.2 Å². The van der Waals surface area contributed by atoms with E-state index in [0.29, 0.717) is 5.92 Å². The fourth-order valence-electron chi connectivity index (χ4n) is 1.74. The first-order valence-electron chi connectivity index (χ1n) is 5.16. The number of rotatable bonds is 4. The molecule has 3 N–H and O–H groups in total. The highest BCUT2D eigenvalue weighted by atomic mass is 16.3. The topological polar surface area (TPSA) is 49.5 Å². The van der Waals surface area contributed by atoms with Crippen LogP contribution < -0.4 is 5.73 Å². The zero-order valence-electron chi connectivity index (χ0n) is 8.79. The molecular weight excluding hydrogens is 164 g/mol. The van der Waals surface area contributed by atoms with Gasteiger partial charge >= 0.3 is 0 Å². The first-order chi connectivity index (χ1) is 6.01. The van der Waals surface area contributed by atoms with Gasteiger partial charge in [0.25, 0.3) is 0 Å². The van der Waals surface area contributed by atoms with Gasteiger partial charge in [-0.2, -0.15) is 0 Å². The summed E-state index contributed by atoms with van der Waals surface area (Å²) in [5, 5.41) is 9.55. The summed E-state index contributed by atoms with van der Waals surface area (Å²) < 4.78 is 0. The van der Waals surface area contributed by atoms with Gasteiger partial charge in [0.05, 0.1) is 5.60 Å². The van der Waals surface area contributed by atoms with Crippen LogP contribution in [0, 0.1) is 5.92 Å². The Morgan fingerprint density at radius 2 is 2.23 bits per heavy atom. The molecule has 1 atom stereocenters. The lowest BCUT2D eigenvalue weighted by molar-refractivity contribution is 0.0601. The Balaban J connectivity index is 2.17. The summed E-state index contributed by atoms with van der Waals surface area (Å²) in [7, 11) is 0. The van der Waals surface area contributed by atoms with Crippen LogP contribution in [0.3, 0.4) is 0 Å². The van der Waals surface area contributed by atoms with Crippen LogP contribution in [0.5, 0.6) is 0 Å². The van der Waals surface area contributed by atoms with Gasteiger partial charge in [0.2, 0.25) is 0 Å². The molecule has 1 unspecified atom stereocenters. The Kier molecular flexibility index (Phi) is 3.71. The van der Waals surface area contributed by atoms with Gasteiger partial charge in [-0.25, -0.2) is 0 Å². The summed E-state index contributed by atoms with van der Waals surface area (Å²) in [4.78, 5) is 2.40. The van der Waals surface area contributed by atoms with Crippen molar-refractivity contribution in [1.82, 2.24) is 4.90 Å². The molecule has 0 aromatic carbocycles. The monoisotopic (exact) mass is 186 g/mol. The van der Waals surface area contributed by atoms with E-state index in [4.69, 9.17) is 5.73 Å². The van der Waals surface area contributed by atoms with Crippen LogP contribution in [0.4, 0.5) is 0 Å². The highest BCUT2D eigenvalue weighted by Crippen LogP contribution is 2.17. The maximum absolute atomic E-state index is 9.55. The standard InChI is InChI=1S/C10H22N2O/c1-10(2,13)4-6-12-5-3-9(7-11)8-12/h9,13H,3-8,11H2,1-2H3. The van der Waals surface area contributed by atoms with Crippen LogP contribution in [0.25, 0.3) is 0 Å². The third kappa shape index (κ3) is 4.07. The molecule has 13 heavy (non-hydrogen) atoms. The van der Waals surface area contributed by atoms with E-state index in [-0.39, 0.29) is 0 Å². The second kappa shape index (κ2) is 4.40. The van der Waals surface area contributed by atoms with Gasteiger partial charge in [-0.3, -0.25) is 0 Å². The van der Waals surface area contributed by atoms with Crippen LogP contribution in [0.15, 0.2) is 0 Å². The van der Waals surface area contributed by atoms with E-state index in [2.05, 4.69) is 4.90 Å². The first kappa shape index (κ1) is 11.0. The van der Waals surface area contributed by atoms with Crippen LogP contribution in [-0.2, 0) is 0 Å². The smallest absolute Gasteiger partial charge is 0.0603 e. The number of nitrogens with two attached hydrogens (primary N) is 1. The van der Waals surface area contributed by atoms with E-state index in [9.17, 15) is 5.11 Å². The van der Waals surface area contributed by atoms with Gasteiger partial charge in [-0.05, 0) is 45.7 Å². The second-order valence-corrected chi connectivity index (χ2v) is 4.75. The van der Waals surface area contributed by atoms with Gasteiger partial charge in [0, 0.05) is 13.1 Å². The predicted octanol–water partition coefficient (Wildman–Crippen LogP) is 0.428. The molecule has 0 spiro atoms. The van der Waals surface area contributed by atoms with Gasteiger partial charge in [0.1, 0.15) is 0 Å². The molecule has 3 nitrogen and oxygen atoms in total. The molecule has 0 saturated carbocycles. The average molecular weight is 186 g/mol. The molecule has 3 heteroatoms. The summed E-state index contributed by atoms with van der Waals surface area (Å²) in [6.07, 6.45) is 2.08. The molecule has 0 aromatic heterocycles. The molecule has 0 aromatic rings. The van der Waals surface area contributed by atoms with E-state index < -0.39 is 5.60 Å². The van der Waals surface area contributed by atoms with Crippen molar-refractivity contribution >= 4 is 0 Å². The summed E-state index contributed by atoms with van der Waals surface area (Å²) in [5.74, 6) is 0.682. The Bertz CT molecular complexity index is 153. The molecule has 0 amide bonds. The van der Waals surface area contributed by atoms with E-state index in [0.717, 1.165) is 32.6 Å². The molecule has 1 rings (SSSR count). The van der Waals surface area contributed by atoms with Gasteiger partial charge in [-0.15, -0.1) is 0 Å². The van der Waals surface area contributed by atoms with E-state index in [1.165, 1.54) is 6.42 Å². The van der Waals surface area contributed by atoms with Crippen molar-refractivity contribution in [2.45, 2.75) is 32.3 Å². The Morgan fingerprint density at radius 1 is 1.54 bits per heavy atom. The van der Waals surface area contributed by atoms with Gasteiger partial charge < -0.3 is 15.7 Å². The predicted molar refractivity (Wildman–Crippen MR) is 54.5 cm³/mol. The average Bonchev–Trinajstić information content (AvgIpc) is 2.47. The Hall–Kier alpha value is -0.120. The highest BCUT2D eigenvalue weighted by molar-refractivity contribution is 4.78. The molecule has 1 saturated heterocycles. The van der Waals surface area contributed by atoms with Crippen LogP contribution >= 0.6 is 0 Å². The highest BCUT2D eigenvalue weighted by Gasteiger charge is 2.22. The zero-order chi connectivity index (χ0) is 9.90. The molecule has 1 heterocycles. The number of hydrogen-bond acceptors (Lipinski definition) is 3. The first-order valence-corrected chi connectivity index (χ1v) is 5.16. The molecule has 78 valence electrons. The zero-order valence-corrected chi connectivity index (χ0v) is 8.79. The van der Waals surface area contributed by atoms with Crippen LogP contribution in [0.1, 0.15) is 26.7 Å². The van der Waals surface area contributed by atoms with Crippen molar-refractivity contribution in [3.63, 3.8) is 0 Å². The number of hydrogen-bond donors (Lipinski definition) is 2. The third-order valence-electron chi connectivity index (χ3n) is 2.74. The van der Waals surface area contributed by atoms with Crippen molar-refractivity contribution in [3.8, 4) is 0 Å². The van der Waals surface area contributed by atoms with E-state index in [1.54, 1.807) is 0 Å².